The van der Waals surface area contributed by atoms with E-state index in [1.807, 2.05) is 6.92 Å². The van der Waals surface area contributed by atoms with Crippen LogP contribution in [0, 0.1) is 11.3 Å². The van der Waals surface area contributed by atoms with Crippen LogP contribution in [0.5, 0.6) is 0 Å². The topological polar surface area (TPSA) is 70.8 Å². The lowest BCUT2D eigenvalue weighted by molar-refractivity contribution is 0.102. The fourth-order valence-electron chi connectivity index (χ4n) is 3.36. The smallest absolute Gasteiger partial charge is 0.167 e. The monoisotopic (exact) mass is 272 g/mol. The number of nitrogens with one attached hydrogen (secondary N) is 1. The van der Waals surface area contributed by atoms with Crippen molar-refractivity contribution in [2.75, 3.05) is 5.32 Å². The van der Waals surface area contributed by atoms with Crippen LogP contribution in [-0.2, 0) is 17.6 Å². The number of nitriles is 1. The minimum atomic E-state index is 0.268. The Bertz CT molecular complexity index is 552. The Kier molecular flexibility index (Phi) is 3.58. The Hall–Kier alpha value is -1.67. The summed E-state index contributed by atoms with van der Waals surface area (Å²) < 4.78 is 5.84. The second-order valence-electron chi connectivity index (χ2n) is 5.53. The first-order chi connectivity index (χ1) is 9.76. The molecule has 0 amide bonds. The first kappa shape index (κ1) is 13.3. The summed E-state index contributed by atoms with van der Waals surface area (Å²) in [4.78, 5) is 0. The predicted octanol–water partition coefficient (Wildman–Crippen LogP) is 2.20. The molecule has 5 nitrogen and oxygen atoms in total. The average Bonchev–Trinajstić information content (AvgIpc) is 3.09. The summed E-state index contributed by atoms with van der Waals surface area (Å²) in [6.45, 7) is 4.10. The maximum absolute atomic E-state index is 9.47. The molecule has 3 heterocycles. The zero-order valence-electron chi connectivity index (χ0n) is 12.0. The van der Waals surface area contributed by atoms with Crippen molar-refractivity contribution in [3.63, 3.8) is 0 Å². The van der Waals surface area contributed by atoms with E-state index in [9.17, 15) is 5.26 Å². The van der Waals surface area contributed by atoms with Crippen LogP contribution < -0.4 is 5.32 Å². The van der Waals surface area contributed by atoms with Gasteiger partial charge in [-0.05, 0) is 37.7 Å². The first-order valence-electron chi connectivity index (χ1n) is 7.47. The number of anilines is 1. The van der Waals surface area contributed by atoms with E-state index in [-0.39, 0.29) is 12.1 Å². The van der Waals surface area contributed by atoms with Gasteiger partial charge in [0.1, 0.15) is 11.6 Å². The van der Waals surface area contributed by atoms with Crippen LogP contribution in [0.25, 0.3) is 0 Å². The van der Waals surface area contributed by atoms with Crippen LogP contribution >= 0.6 is 0 Å². The number of ether oxygens (including phenoxy) is 1. The van der Waals surface area contributed by atoms with Gasteiger partial charge in [-0.2, -0.15) is 10.4 Å². The summed E-state index contributed by atoms with van der Waals surface area (Å²) in [5, 5.41) is 21.4. The lowest BCUT2D eigenvalue weighted by atomic mass is 9.95. The molecule has 1 aromatic heterocycles. The van der Waals surface area contributed by atoms with E-state index in [0.717, 1.165) is 43.4 Å². The fraction of sp³-hybridized carbons (Fsp3) is 0.667. The Morgan fingerprint density at radius 3 is 2.70 bits per heavy atom. The third-order valence-corrected chi connectivity index (χ3v) is 4.39. The zero-order chi connectivity index (χ0) is 14.1. The van der Waals surface area contributed by atoms with Crippen LogP contribution in [0.3, 0.4) is 0 Å². The van der Waals surface area contributed by atoms with Gasteiger partial charge in [0.2, 0.25) is 0 Å². The van der Waals surface area contributed by atoms with Crippen molar-refractivity contribution in [1.82, 2.24) is 10.2 Å². The van der Waals surface area contributed by atoms with E-state index in [2.05, 4.69) is 28.5 Å². The molecule has 0 radical (unpaired) electrons. The van der Waals surface area contributed by atoms with Gasteiger partial charge in [0.25, 0.3) is 0 Å². The molecular weight excluding hydrogens is 252 g/mol. The number of fused-ring (bicyclic) bond motifs is 2. The van der Waals surface area contributed by atoms with Gasteiger partial charge in [0.15, 0.2) is 5.82 Å². The van der Waals surface area contributed by atoms with Gasteiger partial charge in [-0.25, -0.2) is 0 Å². The number of nitrogens with zero attached hydrogens (tertiary/aromatic N) is 3. The van der Waals surface area contributed by atoms with Crippen LogP contribution in [-0.4, -0.2) is 28.4 Å². The van der Waals surface area contributed by atoms with Crippen molar-refractivity contribution in [3.8, 4) is 6.07 Å². The van der Waals surface area contributed by atoms with Crippen molar-refractivity contribution in [3.05, 3.63) is 16.8 Å². The summed E-state index contributed by atoms with van der Waals surface area (Å²) in [7, 11) is 0. The molecule has 1 aromatic rings. The maximum atomic E-state index is 9.47. The molecule has 20 heavy (non-hydrogen) atoms. The number of rotatable bonds is 4. The molecule has 106 valence electrons. The molecule has 0 aromatic carbocycles. The number of hydrogen-bond donors (Lipinski definition) is 1. The third kappa shape index (κ3) is 2.14. The Morgan fingerprint density at radius 2 is 2.15 bits per heavy atom. The van der Waals surface area contributed by atoms with Gasteiger partial charge < -0.3 is 10.1 Å². The Balaban J connectivity index is 1.88. The zero-order valence-corrected chi connectivity index (χ0v) is 12.0. The van der Waals surface area contributed by atoms with Crippen LogP contribution in [0.2, 0.25) is 0 Å². The predicted molar refractivity (Wildman–Crippen MR) is 75.4 cm³/mol. The first-order valence-corrected chi connectivity index (χ1v) is 7.47. The van der Waals surface area contributed by atoms with E-state index in [1.165, 1.54) is 0 Å². The summed E-state index contributed by atoms with van der Waals surface area (Å²) in [5.74, 6) is 0.628. The molecule has 2 fully saturated rings. The molecule has 0 saturated carbocycles. The minimum absolute atomic E-state index is 0.268. The molecule has 2 saturated heterocycles. The quantitative estimate of drug-likeness (QED) is 0.910. The van der Waals surface area contributed by atoms with Gasteiger partial charge in [-0.3, -0.25) is 0 Å². The molecule has 2 bridgehead atoms. The summed E-state index contributed by atoms with van der Waals surface area (Å²) in [5.41, 5.74) is 2.61. The molecule has 0 unspecified atom stereocenters. The largest absolute Gasteiger partial charge is 0.373 e. The molecule has 2 aliphatic heterocycles. The van der Waals surface area contributed by atoms with E-state index < -0.39 is 0 Å². The highest BCUT2D eigenvalue weighted by Crippen LogP contribution is 2.36. The van der Waals surface area contributed by atoms with Gasteiger partial charge in [0.05, 0.1) is 23.9 Å². The van der Waals surface area contributed by atoms with Crippen molar-refractivity contribution in [1.29, 1.82) is 5.26 Å². The number of hydrogen-bond acceptors (Lipinski definition) is 5. The summed E-state index contributed by atoms with van der Waals surface area (Å²) in [6.07, 6.45) is 5.54. The number of aryl methyl sites for hydroxylation is 1. The minimum Gasteiger partial charge on any atom is -0.373 e. The molecule has 3 atom stereocenters. The number of aromatic nitrogens is 2. The molecule has 2 aliphatic rings. The van der Waals surface area contributed by atoms with Crippen molar-refractivity contribution >= 4 is 5.82 Å². The molecule has 0 aliphatic carbocycles. The standard InChI is InChI=1S/C15H20N4O/c1-3-10-11(8-16)15(19-18-12(10)4-2)17-13-7-9-5-6-14(13)20-9/h9,13-14H,3-7H2,1-2H3,(H,17,19)/t9-,13-,14-/m1/s1. The van der Waals surface area contributed by atoms with E-state index in [4.69, 9.17) is 4.74 Å². The van der Waals surface area contributed by atoms with Crippen molar-refractivity contribution in [2.45, 2.75) is 64.2 Å². The Labute approximate surface area is 119 Å². The third-order valence-electron chi connectivity index (χ3n) is 4.39. The van der Waals surface area contributed by atoms with Crippen LogP contribution in [0.1, 0.15) is 49.9 Å². The second-order valence-corrected chi connectivity index (χ2v) is 5.53. The maximum Gasteiger partial charge on any atom is 0.167 e. The lowest BCUT2D eigenvalue weighted by Crippen LogP contribution is -2.31. The summed E-state index contributed by atoms with van der Waals surface area (Å²) in [6, 6.07) is 2.57. The Morgan fingerprint density at radius 1 is 1.30 bits per heavy atom. The van der Waals surface area contributed by atoms with E-state index in [0.29, 0.717) is 17.5 Å². The SMILES string of the molecule is CCc1nnc(N[C@@H]2C[C@H]3CC[C@H]2O3)c(C#N)c1CC. The molecular formula is C15H20N4O. The van der Waals surface area contributed by atoms with Crippen molar-refractivity contribution < 1.29 is 4.74 Å². The molecule has 0 spiro atoms. The van der Waals surface area contributed by atoms with Gasteiger partial charge >= 0.3 is 0 Å². The highest BCUT2D eigenvalue weighted by Gasteiger charge is 2.41. The fourth-order valence-corrected chi connectivity index (χ4v) is 3.36. The average molecular weight is 272 g/mol. The normalized spacial score (nSPS) is 27.6. The summed E-state index contributed by atoms with van der Waals surface area (Å²) >= 11 is 0. The van der Waals surface area contributed by atoms with Crippen LogP contribution in [0.15, 0.2) is 0 Å². The van der Waals surface area contributed by atoms with Gasteiger partial charge in [0, 0.05) is 0 Å². The second kappa shape index (κ2) is 5.37. The van der Waals surface area contributed by atoms with Gasteiger partial charge in [-0.15, -0.1) is 5.10 Å². The van der Waals surface area contributed by atoms with E-state index in [1.54, 1.807) is 0 Å². The molecule has 5 heteroatoms. The highest BCUT2D eigenvalue weighted by atomic mass is 16.5. The van der Waals surface area contributed by atoms with Crippen LogP contribution in [0.4, 0.5) is 5.82 Å². The molecule has 1 N–H and O–H groups in total. The van der Waals surface area contributed by atoms with Gasteiger partial charge in [-0.1, -0.05) is 13.8 Å². The lowest BCUT2D eigenvalue weighted by Gasteiger charge is -2.21. The molecule has 3 rings (SSSR count). The van der Waals surface area contributed by atoms with E-state index >= 15 is 0 Å². The van der Waals surface area contributed by atoms with Crippen molar-refractivity contribution in [2.24, 2.45) is 0 Å². The highest BCUT2D eigenvalue weighted by molar-refractivity contribution is 5.57.